The number of anilines is 1. The zero-order valence-corrected chi connectivity index (χ0v) is 13.6. The molecule has 4 nitrogen and oxygen atoms in total. The average molecular weight is 359 g/mol. The largest absolute Gasteiger partial charge is 0.389 e. The molecule has 0 saturated carbocycles. The van der Waals surface area contributed by atoms with Crippen LogP contribution in [0.4, 0.5) is 18.9 Å². The van der Waals surface area contributed by atoms with Gasteiger partial charge in [-0.15, -0.1) is 0 Å². The van der Waals surface area contributed by atoms with Gasteiger partial charge in [0.05, 0.1) is 22.7 Å². The van der Waals surface area contributed by atoms with Gasteiger partial charge in [0.1, 0.15) is 5.82 Å². The number of hydrogen-bond acceptors (Lipinski definition) is 3. The highest BCUT2D eigenvalue weighted by atomic mass is 35.5. The molecule has 24 heavy (non-hydrogen) atoms. The Balaban J connectivity index is 2.49. The van der Waals surface area contributed by atoms with Crippen molar-refractivity contribution in [1.29, 1.82) is 0 Å². The predicted molar refractivity (Wildman–Crippen MR) is 83.5 cm³/mol. The summed E-state index contributed by atoms with van der Waals surface area (Å²) in [5, 5.41) is 9.85. The van der Waals surface area contributed by atoms with Crippen LogP contribution in [0.25, 0.3) is 0 Å². The minimum atomic E-state index is -1.35. The van der Waals surface area contributed by atoms with Gasteiger partial charge in [0.25, 0.3) is 5.91 Å². The molecule has 0 fully saturated rings. The number of aliphatic hydroxyl groups is 1. The van der Waals surface area contributed by atoms with Crippen LogP contribution in [0.5, 0.6) is 0 Å². The maximum absolute atomic E-state index is 13.8. The van der Waals surface area contributed by atoms with Crippen molar-refractivity contribution < 1.29 is 23.1 Å². The first-order valence-corrected chi connectivity index (χ1v) is 7.27. The fraction of sp³-hybridized carbons (Fsp3) is 0.250. The Hall–Kier alpha value is -2.12. The van der Waals surface area contributed by atoms with Crippen molar-refractivity contribution in [2.45, 2.75) is 19.4 Å². The molecule has 8 heteroatoms. The summed E-state index contributed by atoms with van der Waals surface area (Å²) in [5.74, 6) is -4.05. The Morgan fingerprint density at radius 3 is 2.46 bits per heavy atom. The molecule has 0 unspecified atom stereocenters. The van der Waals surface area contributed by atoms with Crippen molar-refractivity contribution in [2.75, 3.05) is 11.4 Å². The molecule has 0 aliphatic rings. The lowest BCUT2D eigenvalue weighted by Crippen LogP contribution is -2.43. The number of benzene rings is 1. The van der Waals surface area contributed by atoms with Crippen LogP contribution < -0.4 is 4.90 Å². The molecule has 1 N–H and O–H groups in total. The van der Waals surface area contributed by atoms with Gasteiger partial charge in [-0.05, 0) is 44.2 Å². The minimum Gasteiger partial charge on any atom is -0.389 e. The normalized spacial score (nSPS) is 11.5. The third kappa shape index (κ3) is 4.24. The van der Waals surface area contributed by atoms with Crippen molar-refractivity contribution in [3.05, 3.63) is 58.6 Å². The number of pyridine rings is 1. The van der Waals surface area contributed by atoms with Gasteiger partial charge in [-0.2, -0.15) is 13.8 Å². The number of carbonyl (C=O) groups is 1. The number of halogens is 4. The Bertz CT molecular complexity index is 778. The Labute approximate surface area is 141 Å². The van der Waals surface area contributed by atoms with Gasteiger partial charge in [0.15, 0.2) is 0 Å². The lowest BCUT2D eigenvalue weighted by Gasteiger charge is -2.29. The number of aromatic nitrogens is 1. The fourth-order valence-corrected chi connectivity index (χ4v) is 2.15. The second-order valence-electron chi connectivity index (χ2n) is 5.77. The molecule has 1 amide bonds. The summed E-state index contributed by atoms with van der Waals surface area (Å²) in [6.07, 6.45) is 0. The standard InChI is InChI=1S/C16H14ClF3N2O2/c1-16(2,24)8-22(9-3-5-11(17)12(18)7-9)15(23)10-4-6-13(19)21-14(10)20/h3-7,24H,8H2,1-2H3. The molecule has 0 atom stereocenters. The van der Waals surface area contributed by atoms with E-state index < -0.39 is 34.8 Å². The minimum absolute atomic E-state index is 0.0627. The van der Waals surface area contributed by atoms with E-state index in [9.17, 15) is 23.1 Å². The van der Waals surface area contributed by atoms with E-state index in [0.29, 0.717) is 0 Å². The zero-order chi connectivity index (χ0) is 18.1. The average Bonchev–Trinajstić information content (AvgIpc) is 2.46. The summed E-state index contributed by atoms with van der Waals surface area (Å²) < 4.78 is 40.4. The van der Waals surface area contributed by atoms with Crippen LogP contribution in [0.15, 0.2) is 30.3 Å². The second-order valence-corrected chi connectivity index (χ2v) is 6.18. The van der Waals surface area contributed by atoms with E-state index in [0.717, 1.165) is 23.1 Å². The monoisotopic (exact) mass is 358 g/mol. The van der Waals surface area contributed by atoms with Crippen LogP contribution in [-0.2, 0) is 0 Å². The Kier molecular flexibility index (Phi) is 5.15. The summed E-state index contributed by atoms with van der Waals surface area (Å²) in [4.78, 5) is 16.5. The smallest absolute Gasteiger partial charge is 0.263 e. The third-order valence-corrected chi connectivity index (χ3v) is 3.36. The molecule has 0 aliphatic heterocycles. The number of rotatable bonds is 4. The van der Waals surface area contributed by atoms with Crippen LogP contribution >= 0.6 is 11.6 Å². The van der Waals surface area contributed by atoms with Crippen molar-refractivity contribution in [1.82, 2.24) is 4.98 Å². The van der Waals surface area contributed by atoms with E-state index in [-0.39, 0.29) is 17.3 Å². The van der Waals surface area contributed by atoms with Crippen molar-refractivity contribution in [3.63, 3.8) is 0 Å². The zero-order valence-electron chi connectivity index (χ0n) is 12.9. The highest BCUT2D eigenvalue weighted by Crippen LogP contribution is 2.25. The maximum Gasteiger partial charge on any atom is 0.263 e. The second kappa shape index (κ2) is 6.78. The highest BCUT2D eigenvalue weighted by molar-refractivity contribution is 6.30. The molecule has 2 aromatic rings. The van der Waals surface area contributed by atoms with Gasteiger partial charge in [-0.1, -0.05) is 11.6 Å². The molecule has 1 heterocycles. The third-order valence-electron chi connectivity index (χ3n) is 3.05. The van der Waals surface area contributed by atoms with Crippen molar-refractivity contribution >= 4 is 23.2 Å². The van der Waals surface area contributed by atoms with E-state index in [2.05, 4.69) is 4.98 Å². The maximum atomic E-state index is 13.8. The molecule has 0 aliphatic carbocycles. The van der Waals surface area contributed by atoms with E-state index in [1.54, 1.807) is 0 Å². The molecule has 1 aromatic carbocycles. The molecular weight excluding hydrogens is 345 g/mol. The number of amides is 1. The van der Waals surface area contributed by atoms with Crippen molar-refractivity contribution in [2.24, 2.45) is 0 Å². The van der Waals surface area contributed by atoms with E-state index >= 15 is 0 Å². The van der Waals surface area contributed by atoms with Crippen LogP contribution in [-0.4, -0.2) is 28.1 Å². The first kappa shape index (κ1) is 18.2. The van der Waals surface area contributed by atoms with Gasteiger partial charge < -0.3 is 10.0 Å². The van der Waals surface area contributed by atoms with E-state index in [1.807, 2.05) is 0 Å². The first-order valence-electron chi connectivity index (χ1n) is 6.90. The van der Waals surface area contributed by atoms with E-state index in [1.165, 1.54) is 26.0 Å². The van der Waals surface area contributed by atoms with Crippen LogP contribution in [0, 0.1) is 17.7 Å². The lowest BCUT2D eigenvalue weighted by atomic mass is 10.1. The van der Waals surface area contributed by atoms with Gasteiger partial charge >= 0.3 is 0 Å². The molecule has 0 radical (unpaired) electrons. The molecule has 0 spiro atoms. The topological polar surface area (TPSA) is 53.4 Å². The highest BCUT2D eigenvalue weighted by Gasteiger charge is 2.27. The summed E-state index contributed by atoms with van der Waals surface area (Å²) >= 11 is 5.62. The quantitative estimate of drug-likeness (QED) is 0.850. The SMILES string of the molecule is CC(C)(O)CN(C(=O)c1ccc(F)nc1F)c1ccc(Cl)c(F)c1. The number of carbonyl (C=O) groups excluding carboxylic acids is 1. The van der Waals surface area contributed by atoms with Crippen LogP contribution in [0.3, 0.4) is 0 Å². The summed E-state index contributed by atoms with van der Waals surface area (Å²) in [5.41, 5.74) is -1.79. The number of nitrogens with zero attached hydrogens (tertiary/aromatic N) is 2. The first-order chi connectivity index (χ1) is 11.1. The van der Waals surface area contributed by atoms with Crippen LogP contribution in [0.1, 0.15) is 24.2 Å². The summed E-state index contributed by atoms with van der Waals surface area (Å²) in [6.45, 7) is 2.60. The molecule has 0 saturated heterocycles. The predicted octanol–water partition coefficient (Wildman–Crippen LogP) is 3.57. The van der Waals surface area contributed by atoms with Gasteiger partial charge in [0.2, 0.25) is 11.9 Å². The van der Waals surface area contributed by atoms with E-state index in [4.69, 9.17) is 11.6 Å². The summed E-state index contributed by atoms with van der Waals surface area (Å²) in [6, 6.07) is 5.34. The Morgan fingerprint density at radius 2 is 1.92 bits per heavy atom. The molecule has 2 rings (SSSR count). The fourth-order valence-electron chi connectivity index (χ4n) is 2.04. The summed E-state index contributed by atoms with van der Waals surface area (Å²) in [7, 11) is 0. The van der Waals surface area contributed by atoms with Gasteiger partial charge in [-0.25, -0.2) is 4.39 Å². The molecular formula is C16H14ClF3N2O2. The van der Waals surface area contributed by atoms with Crippen LogP contribution in [0.2, 0.25) is 5.02 Å². The van der Waals surface area contributed by atoms with Gasteiger partial charge in [-0.3, -0.25) is 4.79 Å². The van der Waals surface area contributed by atoms with Gasteiger partial charge in [0, 0.05) is 5.69 Å². The molecule has 0 bridgehead atoms. The molecule has 128 valence electrons. The molecule has 1 aromatic heterocycles. The van der Waals surface area contributed by atoms with Crippen molar-refractivity contribution in [3.8, 4) is 0 Å². The lowest BCUT2D eigenvalue weighted by molar-refractivity contribution is 0.0772. The number of hydrogen-bond donors (Lipinski definition) is 1. The Morgan fingerprint density at radius 1 is 1.25 bits per heavy atom.